The highest BCUT2D eigenvalue weighted by Crippen LogP contribution is 2.28. The molecule has 0 spiro atoms. The lowest BCUT2D eigenvalue weighted by Crippen LogP contribution is -2.24. The lowest BCUT2D eigenvalue weighted by Gasteiger charge is -1.99. The normalized spacial score (nSPS) is 10.2. The van der Waals surface area contributed by atoms with Crippen LogP contribution in [0.3, 0.4) is 0 Å². The summed E-state index contributed by atoms with van der Waals surface area (Å²) in [5, 5.41) is 4.60. The average molecular weight is 308 g/mol. The molecule has 1 aromatic carbocycles. The fourth-order valence-electron chi connectivity index (χ4n) is 1.44. The number of nitrogens with zero attached hydrogens (tertiary/aromatic N) is 1. The number of hydrogen-bond acceptors (Lipinski definition) is 4. The Balaban J connectivity index is 1.94. The third kappa shape index (κ3) is 4.18. The van der Waals surface area contributed by atoms with Gasteiger partial charge in [0.1, 0.15) is 5.82 Å². The maximum absolute atomic E-state index is 12.8. The van der Waals surface area contributed by atoms with Gasteiger partial charge in [0, 0.05) is 17.5 Å². The number of thioether (sulfide) groups is 1. The summed E-state index contributed by atoms with van der Waals surface area (Å²) in [6.45, 7) is 4.01. The minimum absolute atomic E-state index is 0.0477. The first-order chi connectivity index (χ1) is 9.69. The number of hydrogen-bond donors (Lipinski definition) is 1. The Labute approximate surface area is 124 Å². The van der Waals surface area contributed by atoms with Gasteiger partial charge < -0.3 is 5.32 Å². The zero-order chi connectivity index (χ0) is 14.4. The Bertz CT molecular complexity index is 595. The number of aromatic nitrogens is 1. The summed E-state index contributed by atoms with van der Waals surface area (Å²) in [6.07, 6.45) is 1.64. The Kier molecular flexibility index (Phi) is 5.31. The van der Waals surface area contributed by atoms with Gasteiger partial charge in [0.15, 0.2) is 4.34 Å². The van der Waals surface area contributed by atoms with E-state index in [2.05, 4.69) is 16.9 Å². The molecule has 0 atom stereocenters. The first-order valence-corrected chi connectivity index (χ1v) is 7.77. The van der Waals surface area contributed by atoms with Crippen molar-refractivity contribution in [1.82, 2.24) is 10.3 Å². The van der Waals surface area contributed by atoms with Gasteiger partial charge in [-0.05, 0) is 24.3 Å². The molecule has 104 valence electrons. The molecule has 3 nitrogen and oxygen atoms in total. The van der Waals surface area contributed by atoms with E-state index >= 15 is 0 Å². The van der Waals surface area contributed by atoms with Crippen molar-refractivity contribution in [3.63, 3.8) is 0 Å². The van der Waals surface area contributed by atoms with Gasteiger partial charge in [0.05, 0.1) is 11.4 Å². The number of benzene rings is 1. The summed E-state index contributed by atoms with van der Waals surface area (Å²) in [6, 6.07) is 6.19. The molecule has 0 aliphatic rings. The van der Waals surface area contributed by atoms with Gasteiger partial charge in [0.2, 0.25) is 5.91 Å². The van der Waals surface area contributed by atoms with Crippen LogP contribution in [0.4, 0.5) is 4.39 Å². The van der Waals surface area contributed by atoms with E-state index in [1.54, 1.807) is 18.2 Å². The molecule has 1 N–H and O–H groups in total. The van der Waals surface area contributed by atoms with E-state index < -0.39 is 0 Å². The maximum Gasteiger partial charge on any atom is 0.230 e. The summed E-state index contributed by atoms with van der Waals surface area (Å²) < 4.78 is 13.7. The molecule has 0 aliphatic carbocycles. The Morgan fingerprint density at radius 1 is 1.45 bits per heavy atom. The Morgan fingerprint density at radius 3 is 2.90 bits per heavy atom. The molecule has 20 heavy (non-hydrogen) atoms. The van der Waals surface area contributed by atoms with Gasteiger partial charge in [-0.1, -0.05) is 17.8 Å². The van der Waals surface area contributed by atoms with Gasteiger partial charge in [-0.15, -0.1) is 17.9 Å². The van der Waals surface area contributed by atoms with Crippen molar-refractivity contribution in [3.8, 4) is 11.3 Å². The van der Waals surface area contributed by atoms with Crippen molar-refractivity contribution in [3.05, 3.63) is 48.1 Å². The van der Waals surface area contributed by atoms with Crippen molar-refractivity contribution >= 4 is 29.0 Å². The lowest BCUT2D eigenvalue weighted by atomic mass is 10.2. The number of halogens is 1. The highest BCUT2D eigenvalue weighted by molar-refractivity contribution is 8.01. The van der Waals surface area contributed by atoms with Crippen LogP contribution in [-0.4, -0.2) is 23.2 Å². The van der Waals surface area contributed by atoms with E-state index in [1.165, 1.54) is 35.2 Å². The second kappa shape index (κ2) is 7.21. The quantitative estimate of drug-likeness (QED) is 0.657. The largest absolute Gasteiger partial charge is 0.352 e. The molecule has 0 radical (unpaired) electrons. The molecule has 0 saturated carbocycles. The van der Waals surface area contributed by atoms with Crippen LogP contribution >= 0.6 is 23.1 Å². The van der Waals surface area contributed by atoms with Crippen molar-refractivity contribution in [2.45, 2.75) is 4.34 Å². The van der Waals surface area contributed by atoms with Crippen LogP contribution in [0.5, 0.6) is 0 Å². The average Bonchev–Trinajstić information content (AvgIpc) is 2.92. The van der Waals surface area contributed by atoms with Crippen molar-refractivity contribution < 1.29 is 9.18 Å². The molecule has 1 aromatic heterocycles. The first-order valence-electron chi connectivity index (χ1n) is 5.91. The molecule has 6 heteroatoms. The highest BCUT2D eigenvalue weighted by atomic mass is 32.2. The molecular formula is C14H13FN2OS2. The van der Waals surface area contributed by atoms with Crippen LogP contribution in [0.25, 0.3) is 11.3 Å². The molecule has 0 saturated heterocycles. The van der Waals surface area contributed by atoms with E-state index in [0.29, 0.717) is 12.3 Å². The van der Waals surface area contributed by atoms with Gasteiger partial charge >= 0.3 is 0 Å². The molecule has 0 fully saturated rings. The second-order valence-corrected chi connectivity index (χ2v) is 5.97. The zero-order valence-corrected chi connectivity index (χ0v) is 12.3. The minimum Gasteiger partial charge on any atom is -0.352 e. The van der Waals surface area contributed by atoms with Crippen LogP contribution in [-0.2, 0) is 4.79 Å². The summed E-state index contributed by atoms with van der Waals surface area (Å²) in [7, 11) is 0. The summed E-state index contributed by atoms with van der Waals surface area (Å²) >= 11 is 2.86. The topological polar surface area (TPSA) is 42.0 Å². The Hall–Kier alpha value is -1.66. The van der Waals surface area contributed by atoms with Crippen LogP contribution in [0.1, 0.15) is 0 Å². The third-order valence-corrected chi connectivity index (χ3v) is 4.41. The summed E-state index contributed by atoms with van der Waals surface area (Å²) in [5.41, 5.74) is 1.66. The van der Waals surface area contributed by atoms with E-state index in [4.69, 9.17) is 0 Å². The number of amides is 1. The van der Waals surface area contributed by atoms with Crippen LogP contribution in [0.15, 0.2) is 46.6 Å². The van der Waals surface area contributed by atoms with Gasteiger partial charge in [0.25, 0.3) is 0 Å². The number of nitrogens with one attached hydrogen (secondary N) is 1. The van der Waals surface area contributed by atoms with Gasteiger partial charge in [-0.2, -0.15) is 0 Å². The second-order valence-electron chi connectivity index (χ2n) is 3.89. The molecule has 2 aromatic rings. The summed E-state index contributed by atoms with van der Waals surface area (Å²) in [5.74, 6) is 0.00964. The van der Waals surface area contributed by atoms with Crippen LogP contribution < -0.4 is 5.32 Å². The molecule has 0 unspecified atom stereocenters. The molecule has 0 aliphatic heterocycles. The highest BCUT2D eigenvalue weighted by Gasteiger charge is 2.07. The number of rotatable bonds is 6. The first kappa shape index (κ1) is 14.7. The number of thiazole rings is 1. The van der Waals surface area contributed by atoms with E-state index in [0.717, 1.165) is 15.6 Å². The van der Waals surface area contributed by atoms with Gasteiger partial charge in [-0.25, -0.2) is 9.37 Å². The predicted octanol–water partition coefficient (Wildman–Crippen LogP) is 3.34. The fraction of sp³-hybridized carbons (Fsp3) is 0.143. The van der Waals surface area contributed by atoms with Gasteiger partial charge in [-0.3, -0.25) is 4.79 Å². The van der Waals surface area contributed by atoms with E-state index in [1.807, 2.05) is 5.38 Å². The third-order valence-electron chi connectivity index (χ3n) is 2.39. The molecule has 2 rings (SSSR count). The maximum atomic E-state index is 12.8. The Morgan fingerprint density at radius 2 is 2.20 bits per heavy atom. The van der Waals surface area contributed by atoms with Crippen LogP contribution in [0, 0.1) is 5.82 Å². The minimum atomic E-state index is -0.266. The lowest BCUT2D eigenvalue weighted by molar-refractivity contribution is -0.118. The zero-order valence-electron chi connectivity index (χ0n) is 10.6. The fourth-order valence-corrected chi connectivity index (χ4v) is 3.11. The predicted molar refractivity (Wildman–Crippen MR) is 81.4 cm³/mol. The number of carbonyl (C=O) groups excluding carboxylic acids is 1. The molecule has 1 heterocycles. The smallest absolute Gasteiger partial charge is 0.230 e. The number of carbonyl (C=O) groups is 1. The van der Waals surface area contributed by atoms with E-state index in [-0.39, 0.29) is 11.7 Å². The SMILES string of the molecule is C=CCNC(=O)CSc1nc(-c2ccc(F)cc2)cs1. The molecule has 0 bridgehead atoms. The van der Waals surface area contributed by atoms with E-state index in [9.17, 15) is 9.18 Å². The van der Waals surface area contributed by atoms with Crippen molar-refractivity contribution in [2.24, 2.45) is 0 Å². The molecular weight excluding hydrogens is 295 g/mol. The summed E-state index contributed by atoms with van der Waals surface area (Å²) in [4.78, 5) is 15.9. The standard InChI is InChI=1S/C14H13FN2OS2/c1-2-7-16-13(18)9-20-14-17-12(8-19-14)10-3-5-11(15)6-4-10/h2-6,8H,1,7,9H2,(H,16,18). The van der Waals surface area contributed by atoms with Crippen molar-refractivity contribution in [1.29, 1.82) is 0 Å². The van der Waals surface area contributed by atoms with Crippen LogP contribution in [0.2, 0.25) is 0 Å². The van der Waals surface area contributed by atoms with Crippen molar-refractivity contribution in [2.75, 3.05) is 12.3 Å². The molecule has 1 amide bonds. The monoisotopic (exact) mass is 308 g/mol.